The molecule has 1 saturated heterocycles. The van der Waals surface area contributed by atoms with Crippen LogP contribution in [0.4, 0.5) is 5.69 Å². The van der Waals surface area contributed by atoms with Crippen LogP contribution in [0, 0.1) is 0 Å². The molecule has 1 amide bonds. The SMILES string of the molecule is Cl.O=C(Nc1ccc2nc(C3CC3)oc2c1)C1COCCN1. The number of ether oxygens (including phenoxy) is 1. The van der Waals surface area contributed by atoms with Gasteiger partial charge in [-0.1, -0.05) is 0 Å². The van der Waals surface area contributed by atoms with Gasteiger partial charge >= 0.3 is 0 Å². The molecule has 7 heteroatoms. The first-order valence-corrected chi connectivity index (χ1v) is 7.32. The van der Waals surface area contributed by atoms with E-state index in [2.05, 4.69) is 15.6 Å². The quantitative estimate of drug-likeness (QED) is 0.904. The van der Waals surface area contributed by atoms with Gasteiger partial charge in [0, 0.05) is 24.2 Å². The summed E-state index contributed by atoms with van der Waals surface area (Å²) in [5, 5.41) is 6.02. The van der Waals surface area contributed by atoms with Crippen molar-refractivity contribution in [2.45, 2.75) is 24.8 Å². The molecule has 1 atom stereocenters. The van der Waals surface area contributed by atoms with Gasteiger partial charge in [0.1, 0.15) is 11.6 Å². The summed E-state index contributed by atoms with van der Waals surface area (Å²) in [4.78, 5) is 16.6. The maximum atomic E-state index is 12.1. The lowest BCUT2D eigenvalue weighted by atomic mass is 10.2. The summed E-state index contributed by atoms with van der Waals surface area (Å²) in [5.41, 5.74) is 2.29. The predicted molar refractivity (Wildman–Crippen MR) is 84.5 cm³/mol. The molecule has 1 aliphatic heterocycles. The zero-order valence-electron chi connectivity index (χ0n) is 12.0. The Bertz CT molecular complexity index is 678. The van der Waals surface area contributed by atoms with Gasteiger partial charge in [0.05, 0.1) is 13.2 Å². The second-order valence-corrected chi connectivity index (χ2v) is 5.58. The highest BCUT2D eigenvalue weighted by molar-refractivity contribution is 5.96. The third-order valence-electron chi connectivity index (χ3n) is 3.84. The van der Waals surface area contributed by atoms with Crippen LogP contribution in [0.3, 0.4) is 0 Å². The summed E-state index contributed by atoms with van der Waals surface area (Å²) in [7, 11) is 0. The highest BCUT2D eigenvalue weighted by Crippen LogP contribution is 2.40. The molecular formula is C15H18ClN3O3. The second-order valence-electron chi connectivity index (χ2n) is 5.58. The molecule has 6 nitrogen and oxygen atoms in total. The summed E-state index contributed by atoms with van der Waals surface area (Å²) < 4.78 is 11.1. The number of benzene rings is 1. The molecule has 1 aliphatic carbocycles. The van der Waals surface area contributed by atoms with Gasteiger partial charge in [0.25, 0.3) is 0 Å². The molecule has 22 heavy (non-hydrogen) atoms. The number of morpholine rings is 1. The van der Waals surface area contributed by atoms with Crippen molar-refractivity contribution in [2.75, 3.05) is 25.1 Å². The number of amides is 1. The highest BCUT2D eigenvalue weighted by Gasteiger charge is 2.29. The van der Waals surface area contributed by atoms with Gasteiger partial charge in [-0.3, -0.25) is 4.79 Å². The first-order valence-electron chi connectivity index (χ1n) is 7.32. The number of hydrogen-bond donors (Lipinski definition) is 2. The fourth-order valence-electron chi connectivity index (χ4n) is 2.49. The standard InChI is InChI=1S/C15H17N3O3.ClH/c19-14(12-8-20-6-5-16-12)17-10-3-4-11-13(7-10)21-15(18-11)9-1-2-9;/h3-4,7,9,12,16H,1-2,5-6,8H2,(H,17,19);1H. The third kappa shape index (κ3) is 3.09. The normalized spacial score (nSPS) is 21.4. The molecule has 4 rings (SSSR count). The monoisotopic (exact) mass is 323 g/mol. The number of hydrogen-bond acceptors (Lipinski definition) is 5. The fraction of sp³-hybridized carbons (Fsp3) is 0.467. The van der Waals surface area contributed by atoms with Crippen LogP contribution in [0.15, 0.2) is 22.6 Å². The van der Waals surface area contributed by atoms with Crippen molar-refractivity contribution < 1.29 is 13.9 Å². The summed E-state index contributed by atoms with van der Waals surface area (Å²) in [6, 6.07) is 5.26. The predicted octanol–water partition coefficient (Wildman–Crippen LogP) is 2.05. The number of nitrogens with one attached hydrogen (secondary N) is 2. The molecule has 2 fully saturated rings. The Morgan fingerprint density at radius 3 is 2.95 bits per heavy atom. The number of rotatable bonds is 3. The summed E-state index contributed by atoms with van der Waals surface area (Å²) in [6.07, 6.45) is 2.31. The number of halogens is 1. The number of oxazole rings is 1. The Labute approximate surface area is 134 Å². The molecule has 1 aromatic heterocycles. The van der Waals surface area contributed by atoms with Crippen LogP contribution in [-0.4, -0.2) is 36.7 Å². The van der Waals surface area contributed by atoms with E-state index < -0.39 is 0 Å². The molecule has 2 aliphatic rings. The highest BCUT2D eigenvalue weighted by atomic mass is 35.5. The van der Waals surface area contributed by atoms with Crippen molar-refractivity contribution in [1.29, 1.82) is 0 Å². The van der Waals surface area contributed by atoms with Crippen molar-refractivity contribution >= 4 is 35.1 Å². The number of carbonyl (C=O) groups excluding carboxylic acids is 1. The molecule has 1 unspecified atom stereocenters. The van der Waals surface area contributed by atoms with Gasteiger partial charge in [0.15, 0.2) is 11.5 Å². The summed E-state index contributed by atoms with van der Waals surface area (Å²) in [5.74, 6) is 1.21. The lowest BCUT2D eigenvalue weighted by Gasteiger charge is -2.22. The summed E-state index contributed by atoms with van der Waals surface area (Å²) in [6.45, 7) is 1.75. The van der Waals surface area contributed by atoms with Gasteiger partial charge in [-0.05, 0) is 25.0 Å². The minimum absolute atomic E-state index is 0. The topological polar surface area (TPSA) is 76.4 Å². The van der Waals surface area contributed by atoms with Crippen molar-refractivity contribution in [2.24, 2.45) is 0 Å². The Morgan fingerprint density at radius 1 is 1.36 bits per heavy atom. The molecule has 2 heterocycles. The Morgan fingerprint density at radius 2 is 2.23 bits per heavy atom. The molecule has 118 valence electrons. The molecule has 2 aromatic rings. The van der Waals surface area contributed by atoms with Crippen LogP contribution in [0.1, 0.15) is 24.7 Å². The molecular weight excluding hydrogens is 306 g/mol. The average molecular weight is 324 g/mol. The average Bonchev–Trinajstić information content (AvgIpc) is 3.28. The summed E-state index contributed by atoms with van der Waals surface area (Å²) >= 11 is 0. The van der Waals surface area contributed by atoms with Gasteiger partial charge in [-0.15, -0.1) is 12.4 Å². The van der Waals surface area contributed by atoms with E-state index in [-0.39, 0.29) is 24.4 Å². The van der Waals surface area contributed by atoms with Crippen LogP contribution >= 0.6 is 12.4 Å². The Hall–Kier alpha value is -1.63. The number of anilines is 1. The smallest absolute Gasteiger partial charge is 0.243 e. The molecule has 0 bridgehead atoms. The van der Waals surface area contributed by atoms with Gasteiger partial charge in [0.2, 0.25) is 5.91 Å². The van der Waals surface area contributed by atoms with E-state index >= 15 is 0 Å². The Balaban J connectivity index is 0.00000144. The lowest BCUT2D eigenvalue weighted by Crippen LogP contribution is -2.48. The van der Waals surface area contributed by atoms with Crippen molar-refractivity contribution in [3.63, 3.8) is 0 Å². The largest absolute Gasteiger partial charge is 0.440 e. The van der Waals surface area contributed by atoms with Crippen molar-refractivity contribution in [3.05, 3.63) is 24.1 Å². The molecule has 0 radical (unpaired) electrons. The molecule has 1 saturated carbocycles. The van der Waals surface area contributed by atoms with Gasteiger partial charge in [-0.25, -0.2) is 4.98 Å². The van der Waals surface area contributed by atoms with E-state index in [1.165, 1.54) is 0 Å². The van der Waals surface area contributed by atoms with Crippen LogP contribution in [0.25, 0.3) is 11.1 Å². The minimum atomic E-state index is -0.300. The van der Waals surface area contributed by atoms with Crippen molar-refractivity contribution in [3.8, 4) is 0 Å². The third-order valence-corrected chi connectivity index (χ3v) is 3.84. The lowest BCUT2D eigenvalue weighted by molar-refractivity contribution is -0.120. The van der Waals surface area contributed by atoms with E-state index in [0.717, 1.165) is 35.5 Å². The van der Waals surface area contributed by atoms with E-state index in [1.807, 2.05) is 18.2 Å². The maximum Gasteiger partial charge on any atom is 0.243 e. The number of nitrogens with zero attached hydrogens (tertiary/aromatic N) is 1. The number of carbonyl (C=O) groups is 1. The zero-order chi connectivity index (χ0) is 14.2. The first kappa shape index (κ1) is 15.3. The van der Waals surface area contributed by atoms with Gasteiger partial charge < -0.3 is 19.8 Å². The van der Waals surface area contributed by atoms with Crippen molar-refractivity contribution in [1.82, 2.24) is 10.3 Å². The molecule has 1 aromatic carbocycles. The number of fused-ring (bicyclic) bond motifs is 1. The molecule has 0 spiro atoms. The van der Waals surface area contributed by atoms with E-state index in [0.29, 0.717) is 25.7 Å². The Kier molecular flexibility index (Phi) is 4.33. The van der Waals surface area contributed by atoms with Crippen LogP contribution in [-0.2, 0) is 9.53 Å². The minimum Gasteiger partial charge on any atom is -0.440 e. The molecule has 2 N–H and O–H groups in total. The van der Waals surface area contributed by atoms with E-state index in [1.54, 1.807) is 0 Å². The second kappa shape index (κ2) is 6.24. The fourth-order valence-corrected chi connectivity index (χ4v) is 2.49. The zero-order valence-corrected chi connectivity index (χ0v) is 12.8. The van der Waals surface area contributed by atoms with E-state index in [9.17, 15) is 4.79 Å². The van der Waals surface area contributed by atoms with Crippen LogP contribution in [0.5, 0.6) is 0 Å². The van der Waals surface area contributed by atoms with E-state index in [4.69, 9.17) is 9.15 Å². The van der Waals surface area contributed by atoms with Crippen LogP contribution < -0.4 is 10.6 Å². The van der Waals surface area contributed by atoms with Crippen LogP contribution in [0.2, 0.25) is 0 Å². The maximum absolute atomic E-state index is 12.1. The first-order chi connectivity index (χ1) is 10.3. The number of aromatic nitrogens is 1. The van der Waals surface area contributed by atoms with Gasteiger partial charge in [-0.2, -0.15) is 0 Å².